The Balaban J connectivity index is 0.000000124. The van der Waals surface area contributed by atoms with Crippen molar-refractivity contribution in [2.75, 3.05) is 4.90 Å². The van der Waals surface area contributed by atoms with E-state index in [9.17, 15) is 24.0 Å². The molecule has 16 heteroatoms. The van der Waals surface area contributed by atoms with Gasteiger partial charge >= 0.3 is 0 Å². The third kappa shape index (κ3) is 17.7. The van der Waals surface area contributed by atoms with Crippen LogP contribution in [0.4, 0.5) is 17.1 Å². The largest absolute Gasteiger partial charge is 0.310 e. The lowest BCUT2D eigenvalue weighted by Crippen LogP contribution is -2.22. The summed E-state index contributed by atoms with van der Waals surface area (Å²) in [6, 6.07) is 170. The molecule has 0 atom stereocenters. The van der Waals surface area contributed by atoms with E-state index < -0.39 is 0 Å². The number of fused-ring (bicyclic) bond motifs is 8. The predicted molar refractivity (Wildman–Crippen MR) is 612 cm³/mol. The lowest BCUT2D eigenvalue weighted by atomic mass is 9.81. The number of benzene rings is 20. The number of para-hydroxylation sites is 8. The first-order valence-electron chi connectivity index (χ1n) is 49.4. The third-order valence-corrected chi connectivity index (χ3v) is 27.8. The first-order valence-corrected chi connectivity index (χ1v) is 49.4. The molecule has 0 amide bonds. The van der Waals surface area contributed by atoms with Crippen molar-refractivity contribution in [2.45, 2.75) is 26.7 Å². The number of anilines is 3. The van der Waals surface area contributed by atoms with Gasteiger partial charge in [0.2, 0.25) is 0 Å². The minimum atomic E-state index is -0.328. The summed E-state index contributed by atoms with van der Waals surface area (Å²) in [5.41, 5.74) is 27.0. The van der Waals surface area contributed by atoms with Crippen molar-refractivity contribution in [1.29, 1.82) is 0 Å². The molecule has 0 saturated heterocycles. The molecule has 1 aliphatic carbocycles. The van der Waals surface area contributed by atoms with Gasteiger partial charge in [-0.2, -0.15) is 0 Å². The van der Waals surface area contributed by atoms with E-state index >= 15 is 0 Å². The number of hydrogen-bond donors (Lipinski definition) is 0. The van der Waals surface area contributed by atoms with Crippen molar-refractivity contribution >= 4 is 71.6 Å². The van der Waals surface area contributed by atoms with E-state index in [1.165, 1.54) is 44.5 Å². The maximum Gasteiger partial charge on any atom is 0.266 e. The van der Waals surface area contributed by atoms with Gasteiger partial charge in [0, 0.05) is 50.3 Å². The van der Waals surface area contributed by atoms with Crippen LogP contribution in [0.1, 0.15) is 32.4 Å². The highest BCUT2D eigenvalue weighted by atomic mass is 16.1. The van der Waals surface area contributed by atoms with Gasteiger partial charge in [-0.25, -0.2) is 24.9 Å². The topological polar surface area (TPSA) is 178 Å². The van der Waals surface area contributed by atoms with Gasteiger partial charge in [-0.15, -0.1) is 0 Å². The highest BCUT2D eigenvalue weighted by Crippen LogP contribution is 2.52. The molecule has 716 valence electrons. The predicted octanol–water partition coefficient (Wildman–Crippen LogP) is 30.0. The first-order chi connectivity index (χ1) is 73.2. The minimum Gasteiger partial charge on any atom is -0.310 e. The zero-order valence-electron chi connectivity index (χ0n) is 81.0. The molecule has 0 fully saturated rings. The lowest BCUT2D eigenvalue weighted by Gasteiger charge is -2.28. The van der Waals surface area contributed by atoms with Crippen LogP contribution in [0.3, 0.4) is 0 Å². The van der Waals surface area contributed by atoms with Crippen molar-refractivity contribution in [2.24, 2.45) is 0 Å². The SMILES string of the molecule is C.CC1(C)c2cc(-c3nc4ccccc4c(=O)n3-c3ccccc3)ccc2-c2ccc(N(c3ccc(-c4ccccc4)cc3)c3ccc(-c4ccccc4)cc3)cc21.O=c1c2ccccc2nc(-c2ccc(-c3ccc(-c4nc5ccccc5c(=O)n4-c4ccccc4)cc3)cc2)n1-c1ccccc1.O=c1c2ccccc2nc(-c2ccccc2)n1-c1cccc(-c2cccc(-n3c(-c4ccccc4)nc4ccccc4c3=O)c2)c1. The number of aromatic nitrogens is 10. The average molecular weight is 1940 g/mol. The summed E-state index contributed by atoms with van der Waals surface area (Å²) in [6.45, 7) is 4.61. The molecule has 0 bridgehead atoms. The van der Waals surface area contributed by atoms with E-state index in [1.54, 1.807) is 22.8 Å². The van der Waals surface area contributed by atoms with Crippen molar-refractivity contribution in [3.63, 3.8) is 0 Å². The number of rotatable bonds is 17. The molecule has 0 unspecified atom stereocenters. The van der Waals surface area contributed by atoms with Gasteiger partial charge < -0.3 is 4.90 Å². The monoisotopic (exact) mass is 1940 g/mol. The van der Waals surface area contributed by atoms with E-state index in [2.05, 4.69) is 164 Å². The summed E-state index contributed by atoms with van der Waals surface area (Å²) >= 11 is 0. The fourth-order valence-electron chi connectivity index (χ4n) is 20.3. The van der Waals surface area contributed by atoms with Crippen LogP contribution in [0.25, 0.3) is 196 Å². The third-order valence-electron chi connectivity index (χ3n) is 27.8. The molecule has 25 aromatic rings. The molecule has 5 aromatic heterocycles. The van der Waals surface area contributed by atoms with Crippen molar-refractivity contribution < 1.29 is 0 Å². The van der Waals surface area contributed by atoms with Gasteiger partial charge in [-0.3, -0.25) is 46.8 Å². The summed E-state index contributed by atoms with van der Waals surface area (Å²) in [6.07, 6.45) is 0. The van der Waals surface area contributed by atoms with Crippen molar-refractivity contribution in [3.8, 4) is 141 Å². The van der Waals surface area contributed by atoms with E-state index in [0.29, 0.717) is 95.0 Å². The van der Waals surface area contributed by atoms with Crippen LogP contribution in [0, 0.1) is 0 Å². The van der Waals surface area contributed by atoms with Crippen LogP contribution in [0.15, 0.2) is 540 Å². The Morgan fingerprint density at radius 3 is 0.700 bits per heavy atom. The van der Waals surface area contributed by atoms with Crippen LogP contribution in [0.2, 0.25) is 0 Å². The Kier molecular flexibility index (Phi) is 25.1. The lowest BCUT2D eigenvalue weighted by molar-refractivity contribution is 0.660. The van der Waals surface area contributed by atoms with E-state index in [-0.39, 0.29) is 40.6 Å². The van der Waals surface area contributed by atoms with Gasteiger partial charge in [0.15, 0.2) is 0 Å². The first kappa shape index (κ1) is 93.5. The fraction of sp³-hybridized carbons (Fsp3) is 0.0299. The highest BCUT2D eigenvalue weighted by Gasteiger charge is 2.37. The standard InChI is InChI=1S/C53H39N3O.2C40H26N4O2.CH4/c1-53(2)48-34-40(51-54-50-21-13-12-20-47(50)52(57)56(51)41-18-10-5-11-19-41)26-32-45(48)46-33-31-44(35-49(46)53)55(42-27-22-38(23-28-42)36-14-6-3-7-15-36)43-29-24-39(25-30-43)37-16-8-4-9-17-37;45-39-33-21-7-9-23-35(33)41-37(27-13-3-1-4-14-27)43(39)31-19-11-17-29(25-31)30-18-12-20-32(26-30)44-38(28-15-5-2-6-16-28)42-36-24-10-8-22-34(36)40(44)46;45-39-33-15-7-9-17-35(33)41-37(43(39)31-11-3-1-4-12-31)29-23-19-27(20-24-29)28-21-25-30(26-22-28)38-42-36-18-10-8-16-34(36)40(46)44(38)32-13-5-2-6-14-32;/h3-35H,1-2H3;2*1-26H;1H4. The molecule has 1 aliphatic rings. The summed E-state index contributed by atoms with van der Waals surface area (Å²) in [7, 11) is 0. The Morgan fingerprint density at radius 1 is 0.180 bits per heavy atom. The van der Waals surface area contributed by atoms with Crippen LogP contribution < -0.4 is 32.7 Å². The summed E-state index contributed by atoms with van der Waals surface area (Å²) in [5.74, 6) is 2.92. The molecule has 5 heterocycles. The van der Waals surface area contributed by atoms with Gasteiger partial charge in [-0.1, -0.05) is 373 Å². The molecule has 150 heavy (non-hydrogen) atoms. The second-order valence-corrected chi connectivity index (χ2v) is 37.2. The molecule has 0 N–H and O–H groups in total. The normalized spacial score (nSPS) is 11.7. The molecular weight excluding hydrogens is 1840 g/mol. The summed E-state index contributed by atoms with van der Waals surface area (Å²) in [4.78, 5) is 96.6. The Morgan fingerprint density at radius 2 is 0.387 bits per heavy atom. The van der Waals surface area contributed by atoms with E-state index in [0.717, 1.165) is 84.2 Å². The molecule has 0 aliphatic heterocycles. The molecular formula is C134H95N11O5. The fourth-order valence-corrected chi connectivity index (χ4v) is 20.3. The Labute approximate surface area is 864 Å². The maximum atomic E-state index is 14.1. The van der Waals surface area contributed by atoms with Gasteiger partial charge in [0.1, 0.15) is 29.1 Å². The number of nitrogens with zero attached hydrogens (tertiary/aromatic N) is 11. The maximum absolute atomic E-state index is 14.1. The van der Waals surface area contributed by atoms with Crippen LogP contribution in [-0.4, -0.2) is 47.8 Å². The highest BCUT2D eigenvalue weighted by molar-refractivity contribution is 5.92. The van der Waals surface area contributed by atoms with Gasteiger partial charge in [-0.05, 0) is 231 Å². The summed E-state index contributed by atoms with van der Waals surface area (Å²) < 4.78 is 8.46. The quantitative estimate of drug-likeness (QED) is 0.0847. The van der Waals surface area contributed by atoms with E-state index in [4.69, 9.17) is 24.9 Å². The molecule has 0 radical (unpaired) electrons. The van der Waals surface area contributed by atoms with Crippen molar-refractivity contribution in [1.82, 2.24) is 47.8 Å². The molecule has 16 nitrogen and oxygen atoms in total. The van der Waals surface area contributed by atoms with Gasteiger partial charge in [0.25, 0.3) is 27.8 Å². The smallest absolute Gasteiger partial charge is 0.266 e. The molecule has 0 saturated carbocycles. The Bertz CT molecular complexity index is 9320. The van der Waals surface area contributed by atoms with Crippen LogP contribution >= 0.6 is 0 Å². The van der Waals surface area contributed by atoms with Crippen molar-refractivity contribution in [3.05, 3.63) is 579 Å². The second-order valence-electron chi connectivity index (χ2n) is 37.2. The molecule has 0 spiro atoms. The second kappa shape index (κ2) is 40.2. The zero-order chi connectivity index (χ0) is 101. The molecule has 20 aromatic carbocycles. The molecule has 26 rings (SSSR count). The average Bonchev–Trinajstić information content (AvgIpc) is 1.56. The van der Waals surface area contributed by atoms with Crippen LogP contribution in [0.5, 0.6) is 0 Å². The van der Waals surface area contributed by atoms with E-state index in [1.807, 2.05) is 370 Å². The zero-order valence-corrected chi connectivity index (χ0v) is 81.0. The minimum absolute atomic E-state index is 0. The number of hydrogen-bond acceptors (Lipinski definition) is 11. The van der Waals surface area contributed by atoms with Gasteiger partial charge in [0.05, 0.1) is 83.0 Å². The Hall–Kier alpha value is -20.1. The van der Waals surface area contributed by atoms with Crippen LogP contribution in [-0.2, 0) is 5.41 Å². The summed E-state index contributed by atoms with van der Waals surface area (Å²) in [5, 5.41) is 2.84.